The quantitative estimate of drug-likeness (QED) is 0.378. The first-order chi connectivity index (χ1) is 18.8. The lowest BCUT2D eigenvalue weighted by Crippen LogP contribution is -2.50. The first-order valence-corrected chi connectivity index (χ1v) is 12.8. The number of rotatable bonds is 5. The third-order valence-corrected chi connectivity index (χ3v) is 7.55. The first kappa shape index (κ1) is 25.1. The van der Waals surface area contributed by atoms with Crippen molar-refractivity contribution in [2.45, 2.75) is 38.0 Å². The normalized spacial score (nSPS) is 18.6. The van der Waals surface area contributed by atoms with Gasteiger partial charge in [0.05, 0.1) is 29.1 Å². The van der Waals surface area contributed by atoms with Gasteiger partial charge in [-0.15, -0.1) is 0 Å². The van der Waals surface area contributed by atoms with Gasteiger partial charge in [-0.2, -0.15) is 18.4 Å². The van der Waals surface area contributed by atoms with Crippen molar-refractivity contribution in [1.29, 1.82) is 5.26 Å². The Hall–Kier alpha value is -4.24. The van der Waals surface area contributed by atoms with Gasteiger partial charge in [0.15, 0.2) is 0 Å². The molecule has 6 heterocycles. The number of halogens is 3. The fourth-order valence-corrected chi connectivity index (χ4v) is 5.41. The second-order valence-corrected chi connectivity index (χ2v) is 9.98. The molecule has 0 aromatic carbocycles. The van der Waals surface area contributed by atoms with Gasteiger partial charge in [0.25, 0.3) is 0 Å². The van der Waals surface area contributed by atoms with E-state index in [1.54, 1.807) is 0 Å². The molecule has 2 fully saturated rings. The molecular formula is C27H26F3N9. The maximum atomic E-state index is 13.3. The third-order valence-electron chi connectivity index (χ3n) is 7.55. The maximum absolute atomic E-state index is 13.3. The Kier molecular flexibility index (Phi) is 6.31. The van der Waals surface area contributed by atoms with Gasteiger partial charge in [0, 0.05) is 55.2 Å². The van der Waals surface area contributed by atoms with E-state index in [0.29, 0.717) is 11.6 Å². The molecule has 12 heteroatoms. The Morgan fingerprint density at radius 2 is 2.00 bits per heavy atom. The average Bonchev–Trinajstić information content (AvgIpc) is 3.59. The van der Waals surface area contributed by atoms with E-state index >= 15 is 0 Å². The number of anilines is 2. The Labute approximate surface area is 222 Å². The second kappa shape index (κ2) is 9.81. The van der Waals surface area contributed by atoms with Crippen molar-refractivity contribution < 1.29 is 13.2 Å². The molecule has 9 nitrogen and oxygen atoms in total. The van der Waals surface area contributed by atoms with Crippen LogP contribution >= 0.6 is 0 Å². The lowest BCUT2D eigenvalue weighted by Gasteiger charge is -2.38. The summed E-state index contributed by atoms with van der Waals surface area (Å²) in [5, 5.41) is 13.1. The summed E-state index contributed by atoms with van der Waals surface area (Å²) < 4.78 is 39.9. The molecule has 6 rings (SSSR count). The monoisotopic (exact) mass is 533 g/mol. The van der Waals surface area contributed by atoms with Crippen LogP contribution in [-0.4, -0.2) is 62.0 Å². The van der Waals surface area contributed by atoms with Crippen LogP contribution < -0.4 is 10.2 Å². The molecule has 4 aromatic rings. The van der Waals surface area contributed by atoms with E-state index in [-0.39, 0.29) is 34.3 Å². The van der Waals surface area contributed by atoms with E-state index in [9.17, 15) is 18.4 Å². The molecule has 0 saturated carbocycles. The minimum atomic E-state index is -4.55. The van der Waals surface area contributed by atoms with E-state index in [2.05, 4.69) is 35.1 Å². The third kappa shape index (κ3) is 4.85. The molecule has 2 saturated heterocycles. The number of pyridine rings is 2. The minimum Gasteiger partial charge on any atom is -0.354 e. The van der Waals surface area contributed by atoms with Crippen molar-refractivity contribution in [2.24, 2.45) is 0 Å². The zero-order chi connectivity index (χ0) is 27.1. The largest absolute Gasteiger partial charge is 0.417 e. The molecule has 2 atom stereocenters. The molecule has 39 heavy (non-hydrogen) atoms. The van der Waals surface area contributed by atoms with Crippen molar-refractivity contribution >= 4 is 22.8 Å². The minimum absolute atomic E-state index is 0.139. The van der Waals surface area contributed by atoms with Crippen LogP contribution in [0.5, 0.6) is 0 Å². The molecule has 0 amide bonds. The van der Waals surface area contributed by atoms with Crippen LogP contribution in [0.1, 0.15) is 42.5 Å². The molecule has 4 aromatic heterocycles. The summed E-state index contributed by atoms with van der Waals surface area (Å²) in [6.07, 6.45) is 3.43. The second-order valence-electron chi connectivity index (χ2n) is 9.98. The summed E-state index contributed by atoms with van der Waals surface area (Å²) in [5.74, 6) is 1.20. The van der Waals surface area contributed by atoms with Crippen molar-refractivity contribution in [3.8, 4) is 17.3 Å². The number of nitrogens with one attached hydrogen (secondary N) is 2. The molecule has 2 N–H and O–H groups in total. The number of hydrogen-bond donors (Lipinski definition) is 2. The van der Waals surface area contributed by atoms with Gasteiger partial charge < -0.3 is 15.2 Å². The average molecular weight is 534 g/mol. The topological polar surface area (TPSA) is 110 Å². The molecule has 200 valence electrons. The predicted molar refractivity (Wildman–Crippen MR) is 140 cm³/mol. The Bertz CT molecular complexity index is 1540. The van der Waals surface area contributed by atoms with Crippen molar-refractivity contribution in [1.82, 2.24) is 29.8 Å². The van der Waals surface area contributed by atoms with Gasteiger partial charge in [0.2, 0.25) is 5.95 Å². The molecule has 0 bridgehead atoms. The Morgan fingerprint density at radius 3 is 2.77 bits per heavy atom. The SMILES string of the molecule is C[C@@H](Nc1ncc(C#N)c(-c2c[nH]c3ncc(C(F)(F)F)cc23)n1)c1ccc(N2CCN3CCC[C@H]3C2)nc1. The van der Waals surface area contributed by atoms with Crippen LogP contribution in [0.2, 0.25) is 0 Å². The van der Waals surface area contributed by atoms with Crippen molar-refractivity contribution in [3.05, 3.63) is 59.7 Å². The van der Waals surface area contributed by atoms with Gasteiger partial charge in [-0.3, -0.25) is 4.90 Å². The first-order valence-electron chi connectivity index (χ1n) is 12.8. The summed E-state index contributed by atoms with van der Waals surface area (Å²) in [6, 6.07) is 7.49. The number of H-pyrrole nitrogens is 1. The summed E-state index contributed by atoms with van der Waals surface area (Å²) in [5.41, 5.74) is 1.01. The highest BCUT2D eigenvalue weighted by Crippen LogP contribution is 2.35. The van der Waals surface area contributed by atoms with Gasteiger partial charge in [-0.25, -0.2) is 19.9 Å². The van der Waals surface area contributed by atoms with Gasteiger partial charge >= 0.3 is 6.18 Å². The molecular weight excluding hydrogens is 507 g/mol. The lowest BCUT2D eigenvalue weighted by atomic mass is 10.1. The van der Waals surface area contributed by atoms with Crippen molar-refractivity contribution in [3.63, 3.8) is 0 Å². The zero-order valence-corrected chi connectivity index (χ0v) is 21.2. The standard InChI is InChI=1S/C27H26F3N9/c1-16(17-4-5-23(32-11-17)39-8-7-38-6-2-3-20(38)15-39)36-26-35-12-18(10-31)24(37-26)22-14-34-25-21(22)9-19(13-33-25)27(28,29)30/h4-5,9,11-14,16,20H,2-3,6-8,15H2,1H3,(H,33,34)(H,35,36,37)/t16-,20+/m1/s1. The number of fused-ring (bicyclic) bond motifs is 2. The van der Waals surface area contributed by atoms with E-state index in [4.69, 9.17) is 4.98 Å². The predicted octanol–water partition coefficient (Wildman–Crippen LogP) is 4.76. The maximum Gasteiger partial charge on any atom is 0.417 e. The molecule has 0 spiro atoms. The van der Waals surface area contributed by atoms with Crippen molar-refractivity contribution in [2.75, 3.05) is 36.4 Å². The number of aromatic nitrogens is 5. The number of alkyl halides is 3. The summed E-state index contributed by atoms with van der Waals surface area (Å²) >= 11 is 0. The molecule has 0 aliphatic carbocycles. The van der Waals surface area contributed by atoms with Crippen LogP contribution in [-0.2, 0) is 6.18 Å². The number of nitriles is 1. The highest BCUT2D eigenvalue weighted by Gasteiger charge is 2.32. The highest BCUT2D eigenvalue weighted by atomic mass is 19.4. The van der Waals surface area contributed by atoms with E-state index in [0.717, 1.165) is 43.3 Å². The Balaban J connectivity index is 1.23. The molecule has 0 radical (unpaired) electrons. The van der Waals surface area contributed by atoms with Crippen LogP contribution in [0.4, 0.5) is 24.9 Å². The number of aromatic amines is 1. The fourth-order valence-electron chi connectivity index (χ4n) is 5.41. The smallest absolute Gasteiger partial charge is 0.354 e. The summed E-state index contributed by atoms with van der Waals surface area (Å²) in [4.78, 5) is 25.1. The summed E-state index contributed by atoms with van der Waals surface area (Å²) in [7, 11) is 0. The molecule has 2 aliphatic heterocycles. The highest BCUT2D eigenvalue weighted by molar-refractivity contribution is 5.94. The van der Waals surface area contributed by atoms with Gasteiger partial charge in [-0.05, 0) is 44.0 Å². The van der Waals surface area contributed by atoms with Crippen LogP contribution in [0.15, 0.2) is 43.0 Å². The van der Waals surface area contributed by atoms with Gasteiger partial charge in [-0.1, -0.05) is 6.07 Å². The van der Waals surface area contributed by atoms with E-state index in [1.807, 2.05) is 31.3 Å². The zero-order valence-electron chi connectivity index (χ0n) is 21.2. The van der Waals surface area contributed by atoms with Gasteiger partial charge in [0.1, 0.15) is 17.5 Å². The lowest BCUT2D eigenvalue weighted by molar-refractivity contribution is -0.137. The van der Waals surface area contributed by atoms with Crippen LogP contribution in [0, 0.1) is 11.3 Å². The van der Waals surface area contributed by atoms with E-state index in [1.165, 1.54) is 31.8 Å². The van der Waals surface area contributed by atoms with E-state index < -0.39 is 11.7 Å². The van der Waals surface area contributed by atoms with Crippen LogP contribution in [0.3, 0.4) is 0 Å². The van der Waals surface area contributed by atoms with Crippen LogP contribution in [0.25, 0.3) is 22.3 Å². The number of nitrogens with zero attached hydrogens (tertiary/aromatic N) is 7. The number of hydrogen-bond acceptors (Lipinski definition) is 8. The number of piperazine rings is 1. The fraction of sp³-hybridized carbons (Fsp3) is 0.370. The summed E-state index contributed by atoms with van der Waals surface area (Å²) in [6.45, 7) is 6.16. The Morgan fingerprint density at radius 1 is 1.13 bits per heavy atom. The molecule has 0 unspecified atom stereocenters. The molecule has 2 aliphatic rings.